The molecule has 2 amide bonds. The smallest absolute Gasteiger partial charge is 0.237 e. The summed E-state index contributed by atoms with van der Waals surface area (Å²) in [5, 5.41) is 23.4. The SMILES string of the molecule is COc1ccccc1CN1CCNC(=O)[C@@H]1CC(=O)NC(CO)CO. The third-order valence-electron chi connectivity index (χ3n) is 4.19. The second kappa shape index (κ2) is 9.36. The van der Waals surface area contributed by atoms with Crippen LogP contribution in [0.1, 0.15) is 12.0 Å². The number of benzene rings is 1. The maximum Gasteiger partial charge on any atom is 0.237 e. The molecule has 1 aliphatic heterocycles. The van der Waals surface area contributed by atoms with Gasteiger partial charge in [-0.15, -0.1) is 0 Å². The molecule has 0 unspecified atom stereocenters. The molecule has 138 valence electrons. The van der Waals surface area contributed by atoms with Crippen molar-refractivity contribution in [3.05, 3.63) is 29.8 Å². The number of carbonyl (C=O) groups excluding carboxylic acids is 2. The van der Waals surface area contributed by atoms with Crippen LogP contribution in [0.5, 0.6) is 5.75 Å². The first-order valence-corrected chi connectivity index (χ1v) is 8.23. The number of para-hydroxylation sites is 1. The zero-order valence-electron chi connectivity index (χ0n) is 14.3. The Balaban J connectivity index is 2.07. The standard InChI is InChI=1S/C17H25N3O5/c1-25-15-5-3-2-4-12(15)9-20-7-6-18-17(24)14(20)8-16(23)19-13(10-21)11-22/h2-5,13-14,21-22H,6-11H2,1H3,(H,18,24)(H,19,23)/t14-/m0/s1. The highest BCUT2D eigenvalue weighted by molar-refractivity contribution is 5.88. The van der Waals surface area contributed by atoms with E-state index in [0.29, 0.717) is 19.6 Å². The van der Waals surface area contributed by atoms with Crippen LogP contribution in [-0.2, 0) is 16.1 Å². The van der Waals surface area contributed by atoms with Crippen LogP contribution in [0.3, 0.4) is 0 Å². The van der Waals surface area contributed by atoms with E-state index in [9.17, 15) is 9.59 Å². The number of ether oxygens (including phenoxy) is 1. The Morgan fingerprint density at radius 1 is 1.40 bits per heavy atom. The number of rotatable bonds is 8. The van der Waals surface area contributed by atoms with Crippen LogP contribution in [0, 0.1) is 0 Å². The van der Waals surface area contributed by atoms with Crippen molar-refractivity contribution in [2.24, 2.45) is 0 Å². The van der Waals surface area contributed by atoms with E-state index in [0.717, 1.165) is 11.3 Å². The van der Waals surface area contributed by atoms with E-state index in [4.69, 9.17) is 14.9 Å². The van der Waals surface area contributed by atoms with E-state index in [1.54, 1.807) is 7.11 Å². The molecule has 1 fully saturated rings. The Kier molecular flexibility index (Phi) is 7.17. The predicted octanol–water partition coefficient (Wildman–Crippen LogP) is -1.14. The summed E-state index contributed by atoms with van der Waals surface area (Å²) in [6.45, 7) is 0.903. The topological polar surface area (TPSA) is 111 Å². The molecule has 8 heteroatoms. The molecule has 25 heavy (non-hydrogen) atoms. The third kappa shape index (κ3) is 5.15. The molecular weight excluding hydrogens is 326 g/mol. The summed E-state index contributed by atoms with van der Waals surface area (Å²) in [5.74, 6) is 0.137. The second-order valence-electron chi connectivity index (χ2n) is 5.92. The highest BCUT2D eigenvalue weighted by atomic mass is 16.5. The van der Waals surface area contributed by atoms with Crippen LogP contribution in [0.2, 0.25) is 0 Å². The Morgan fingerprint density at radius 3 is 2.80 bits per heavy atom. The molecule has 1 saturated heterocycles. The number of nitrogens with one attached hydrogen (secondary N) is 2. The molecule has 2 rings (SSSR count). The van der Waals surface area contributed by atoms with Crippen molar-refractivity contribution in [2.75, 3.05) is 33.4 Å². The van der Waals surface area contributed by atoms with Crippen molar-refractivity contribution < 1.29 is 24.5 Å². The number of carbonyl (C=O) groups is 2. The lowest BCUT2D eigenvalue weighted by molar-refractivity contribution is -0.134. The molecular formula is C17H25N3O5. The molecule has 0 spiro atoms. The van der Waals surface area contributed by atoms with E-state index < -0.39 is 12.1 Å². The highest BCUT2D eigenvalue weighted by Crippen LogP contribution is 2.21. The number of piperazine rings is 1. The van der Waals surface area contributed by atoms with Crippen LogP contribution in [-0.4, -0.2) is 72.4 Å². The van der Waals surface area contributed by atoms with Gasteiger partial charge in [-0.2, -0.15) is 0 Å². The van der Waals surface area contributed by atoms with Gasteiger partial charge in [-0.3, -0.25) is 14.5 Å². The summed E-state index contributed by atoms with van der Waals surface area (Å²) in [6.07, 6.45) is -0.0442. The first-order chi connectivity index (χ1) is 12.1. The lowest BCUT2D eigenvalue weighted by atomic mass is 10.1. The summed E-state index contributed by atoms with van der Waals surface area (Å²) in [7, 11) is 1.59. The average molecular weight is 351 g/mol. The molecule has 1 aliphatic rings. The quantitative estimate of drug-likeness (QED) is 0.471. The van der Waals surface area contributed by atoms with Gasteiger partial charge in [-0.25, -0.2) is 0 Å². The first-order valence-electron chi connectivity index (χ1n) is 8.23. The van der Waals surface area contributed by atoms with Crippen molar-refractivity contribution in [1.29, 1.82) is 0 Å². The monoisotopic (exact) mass is 351 g/mol. The molecule has 0 aliphatic carbocycles. The van der Waals surface area contributed by atoms with Crippen LogP contribution in [0.25, 0.3) is 0 Å². The van der Waals surface area contributed by atoms with E-state index >= 15 is 0 Å². The van der Waals surface area contributed by atoms with E-state index in [1.807, 2.05) is 29.2 Å². The summed E-state index contributed by atoms with van der Waals surface area (Å²) in [5.41, 5.74) is 0.939. The normalized spacial score (nSPS) is 18.1. The average Bonchev–Trinajstić information content (AvgIpc) is 2.63. The minimum absolute atomic E-state index is 0.0442. The van der Waals surface area contributed by atoms with Gasteiger partial charge in [-0.1, -0.05) is 18.2 Å². The van der Waals surface area contributed by atoms with E-state index in [2.05, 4.69) is 10.6 Å². The molecule has 1 heterocycles. The molecule has 1 aromatic rings. The Hall–Kier alpha value is -2.16. The number of methoxy groups -OCH3 is 1. The van der Waals surface area contributed by atoms with Gasteiger partial charge in [-0.05, 0) is 6.07 Å². The lowest BCUT2D eigenvalue weighted by Gasteiger charge is -2.35. The molecule has 8 nitrogen and oxygen atoms in total. The number of aliphatic hydroxyl groups excluding tert-OH is 2. The summed E-state index contributed by atoms with van der Waals surface area (Å²) in [4.78, 5) is 26.3. The van der Waals surface area contributed by atoms with Gasteiger partial charge in [0.15, 0.2) is 0 Å². The summed E-state index contributed by atoms with van der Waals surface area (Å²) < 4.78 is 5.35. The Labute approximate surface area is 146 Å². The number of hydrogen-bond acceptors (Lipinski definition) is 6. The molecule has 0 saturated carbocycles. The maximum absolute atomic E-state index is 12.2. The lowest BCUT2D eigenvalue weighted by Crippen LogP contribution is -2.56. The van der Waals surface area contributed by atoms with Gasteiger partial charge in [0.2, 0.25) is 11.8 Å². The van der Waals surface area contributed by atoms with Gasteiger partial charge in [0, 0.05) is 25.2 Å². The minimum Gasteiger partial charge on any atom is -0.496 e. The van der Waals surface area contributed by atoms with Crippen molar-refractivity contribution in [2.45, 2.75) is 25.0 Å². The predicted molar refractivity (Wildman–Crippen MR) is 90.9 cm³/mol. The molecule has 0 radical (unpaired) electrons. The molecule has 1 atom stereocenters. The minimum atomic E-state index is -0.721. The van der Waals surface area contributed by atoms with E-state index in [1.165, 1.54) is 0 Å². The van der Waals surface area contributed by atoms with Gasteiger partial charge in [0.25, 0.3) is 0 Å². The molecule has 0 aromatic heterocycles. The first kappa shape index (κ1) is 19.2. The van der Waals surface area contributed by atoms with Gasteiger partial charge in [0.1, 0.15) is 5.75 Å². The highest BCUT2D eigenvalue weighted by Gasteiger charge is 2.32. The second-order valence-corrected chi connectivity index (χ2v) is 5.92. The van der Waals surface area contributed by atoms with Crippen molar-refractivity contribution in [3.63, 3.8) is 0 Å². The molecule has 0 bridgehead atoms. The number of hydrogen-bond donors (Lipinski definition) is 4. The largest absolute Gasteiger partial charge is 0.496 e. The Morgan fingerprint density at radius 2 is 2.12 bits per heavy atom. The van der Waals surface area contributed by atoms with Crippen LogP contribution < -0.4 is 15.4 Å². The van der Waals surface area contributed by atoms with Crippen molar-refractivity contribution in [1.82, 2.24) is 15.5 Å². The van der Waals surface area contributed by atoms with Crippen molar-refractivity contribution >= 4 is 11.8 Å². The summed E-state index contributed by atoms with van der Waals surface area (Å²) >= 11 is 0. The van der Waals surface area contributed by atoms with Gasteiger partial charge >= 0.3 is 0 Å². The summed E-state index contributed by atoms with van der Waals surface area (Å²) in [6, 6.07) is 6.22. The third-order valence-corrected chi connectivity index (χ3v) is 4.19. The van der Waals surface area contributed by atoms with E-state index in [-0.39, 0.29) is 31.4 Å². The fraction of sp³-hybridized carbons (Fsp3) is 0.529. The molecule has 4 N–H and O–H groups in total. The number of aliphatic hydroxyl groups is 2. The van der Waals surface area contributed by atoms with Crippen LogP contribution in [0.15, 0.2) is 24.3 Å². The van der Waals surface area contributed by atoms with Crippen molar-refractivity contribution in [3.8, 4) is 5.75 Å². The Bertz CT molecular complexity index is 591. The number of amides is 2. The van der Waals surface area contributed by atoms with Crippen LogP contribution >= 0.6 is 0 Å². The number of nitrogens with zero attached hydrogens (tertiary/aromatic N) is 1. The zero-order valence-corrected chi connectivity index (χ0v) is 14.3. The fourth-order valence-electron chi connectivity index (χ4n) is 2.84. The van der Waals surface area contributed by atoms with Crippen LogP contribution in [0.4, 0.5) is 0 Å². The van der Waals surface area contributed by atoms with Gasteiger partial charge < -0.3 is 25.6 Å². The van der Waals surface area contributed by atoms with Gasteiger partial charge in [0.05, 0.1) is 38.8 Å². The maximum atomic E-state index is 12.2. The fourth-order valence-corrected chi connectivity index (χ4v) is 2.84. The zero-order chi connectivity index (χ0) is 18.2. The molecule has 1 aromatic carbocycles.